The fourth-order valence-electron chi connectivity index (χ4n) is 2.75. The molecule has 0 radical (unpaired) electrons. The summed E-state index contributed by atoms with van der Waals surface area (Å²) < 4.78 is 38.2. The molecule has 130 valence electrons. The number of hydrogen-bond donors (Lipinski definition) is 0. The third kappa shape index (κ3) is 3.21. The molecule has 1 amide bonds. The summed E-state index contributed by atoms with van der Waals surface area (Å²) in [5, 5.41) is 0.144. The van der Waals surface area contributed by atoms with Crippen LogP contribution < -0.4 is 4.90 Å². The number of carbonyl (C=O) groups excluding carboxylic acids is 1. The Morgan fingerprint density at radius 3 is 2.58 bits per heavy atom. The minimum Gasteiger partial charge on any atom is -0.313 e. The smallest absolute Gasteiger partial charge is 0.253 e. The maximum Gasteiger partial charge on any atom is 0.253 e. The molecule has 1 aromatic carbocycles. The van der Waals surface area contributed by atoms with Gasteiger partial charge in [-0.3, -0.25) is 4.79 Å². The molecule has 0 N–H and O–H groups in total. The summed E-state index contributed by atoms with van der Waals surface area (Å²) in [5.74, 6) is -0.800. The van der Waals surface area contributed by atoms with E-state index in [1.165, 1.54) is 17.8 Å². The van der Waals surface area contributed by atoms with Gasteiger partial charge in [-0.1, -0.05) is 44.7 Å². The predicted molar refractivity (Wildman–Crippen MR) is 94.6 cm³/mol. The summed E-state index contributed by atoms with van der Waals surface area (Å²) in [6, 6.07) is 5.76. The van der Waals surface area contributed by atoms with Crippen LogP contribution in [0.1, 0.15) is 20.8 Å². The third-order valence-electron chi connectivity index (χ3n) is 4.02. The Kier molecular flexibility index (Phi) is 4.24. The highest BCUT2D eigenvalue weighted by molar-refractivity contribution is 8.16. The van der Waals surface area contributed by atoms with Crippen LogP contribution in [-0.2, 0) is 14.6 Å². The van der Waals surface area contributed by atoms with Gasteiger partial charge in [-0.15, -0.1) is 0 Å². The SMILES string of the molecule is CC(C)(C)C(=O)N=C1S[C@@H]2CS(=O)(=O)C[C@@H]2N1c1ccccc1F. The quantitative estimate of drug-likeness (QED) is 0.760. The van der Waals surface area contributed by atoms with Gasteiger partial charge in [-0.2, -0.15) is 4.99 Å². The highest BCUT2D eigenvalue weighted by Gasteiger charge is 2.50. The summed E-state index contributed by atoms with van der Waals surface area (Å²) in [6.07, 6.45) is 0. The van der Waals surface area contributed by atoms with Gasteiger partial charge in [-0.25, -0.2) is 12.8 Å². The van der Waals surface area contributed by atoms with Gasteiger partial charge in [-0.05, 0) is 12.1 Å². The molecule has 2 aliphatic heterocycles. The van der Waals surface area contributed by atoms with Gasteiger partial charge in [0.15, 0.2) is 15.0 Å². The van der Waals surface area contributed by atoms with Crippen molar-refractivity contribution in [1.82, 2.24) is 0 Å². The number of hydrogen-bond acceptors (Lipinski definition) is 4. The molecule has 2 aliphatic rings. The number of nitrogens with zero attached hydrogens (tertiary/aromatic N) is 2. The number of para-hydroxylation sites is 1. The fraction of sp³-hybridized carbons (Fsp3) is 0.500. The molecular weight excluding hydrogens is 351 g/mol. The van der Waals surface area contributed by atoms with Crippen LogP contribution >= 0.6 is 11.8 Å². The van der Waals surface area contributed by atoms with Crippen LogP contribution in [0.25, 0.3) is 0 Å². The molecule has 0 aromatic heterocycles. The maximum absolute atomic E-state index is 14.3. The van der Waals surface area contributed by atoms with Gasteiger partial charge in [0.1, 0.15) is 5.82 Å². The van der Waals surface area contributed by atoms with Crippen LogP contribution in [0.5, 0.6) is 0 Å². The van der Waals surface area contributed by atoms with Gasteiger partial charge in [0, 0.05) is 10.7 Å². The molecule has 0 unspecified atom stereocenters. The zero-order valence-corrected chi connectivity index (χ0v) is 15.3. The minimum atomic E-state index is -3.16. The lowest BCUT2D eigenvalue weighted by atomic mass is 9.96. The van der Waals surface area contributed by atoms with E-state index in [1.807, 2.05) is 0 Å². The van der Waals surface area contributed by atoms with E-state index in [1.54, 1.807) is 43.9 Å². The van der Waals surface area contributed by atoms with Crippen LogP contribution in [0.3, 0.4) is 0 Å². The van der Waals surface area contributed by atoms with Crippen molar-refractivity contribution in [3.05, 3.63) is 30.1 Å². The molecule has 0 spiro atoms. The Balaban J connectivity index is 2.05. The number of halogens is 1. The molecule has 0 aliphatic carbocycles. The molecule has 1 aromatic rings. The second kappa shape index (κ2) is 5.84. The lowest BCUT2D eigenvalue weighted by Gasteiger charge is -2.25. The van der Waals surface area contributed by atoms with Crippen LogP contribution in [0, 0.1) is 11.2 Å². The van der Waals surface area contributed by atoms with E-state index in [-0.39, 0.29) is 28.4 Å². The lowest BCUT2D eigenvalue weighted by Crippen LogP contribution is -2.38. The normalized spacial score (nSPS) is 27.5. The molecule has 3 rings (SSSR count). The largest absolute Gasteiger partial charge is 0.313 e. The first kappa shape index (κ1) is 17.4. The van der Waals surface area contributed by atoms with Crippen molar-refractivity contribution in [1.29, 1.82) is 0 Å². The monoisotopic (exact) mass is 370 g/mol. The van der Waals surface area contributed by atoms with Crippen molar-refractivity contribution < 1.29 is 17.6 Å². The number of amidine groups is 1. The van der Waals surface area contributed by atoms with E-state index in [0.717, 1.165) is 0 Å². The number of rotatable bonds is 1. The second-order valence-corrected chi connectivity index (χ2v) is 10.4. The summed E-state index contributed by atoms with van der Waals surface area (Å²) in [4.78, 5) is 18.1. The van der Waals surface area contributed by atoms with E-state index >= 15 is 0 Å². The van der Waals surface area contributed by atoms with Gasteiger partial charge < -0.3 is 4.90 Å². The Morgan fingerprint density at radius 2 is 1.96 bits per heavy atom. The van der Waals surface area contributed by atoms with Crippen molar-refractivity contribution >= 4 is 38.4 Å². The van der Waals surface area contributed by atoms with E-state index in [2.05, 4.69) is 4.99 Å². The van der Waals surface area contributed by atoms with Crippen LogP contribution in [-0.4, -0.2) is 42.3 Å². The molecule has 5 nitrogen and oxygen atoms in total. The second-order valence-electron chi connectivity index (χ2n) is 7.07. The molecule has 2 heterocycles. The fourth-order valence-corrected chi connectivity index (χ4v) is 6.65. The molecule has 8 heteroatoms. The van der Waals surface area contributed by atoms with Crippen LogP contribution in [0.2, 0.25) is 0 Å². The van der Waals surface area contributed by atoms with Crippen molar-refractivity contribution in [3.63, 3.8) is 0 Å². The lowest BCUT2D eigenvalue weighted by molar-refractivity contribution is -0.124. The van der Waals surface area contributed by atoms with E-state index in [9.17, 15) is 17.6 Å². The topological polar surface area (TPSA) is 66.8 Å². The Hall–Kier alpha value is -1.41. The van der Waals surface area contributed by atoms with Gasteiger partial charge in [0.05, 0.1) is 23.2 Å². The number of thioether (sulfide) groups is 1. The van der Waals surface area contributed by atoms with Gasteiger partial charge in [0.2, 0.25) is 0 Å². The van der Waals surface area contributed by atoms with Crippen molar-refractivity contribution in [2.24, 2.45) is 10.4 Å². The van der Waals surface area contributed by atoms with E-state index in [0.29, 0.717) is 5.17 Å². The summed E-state index contributed by atoms with van der Waals surface area (Å²) in [6.45, 7) is 5.28. The first-order valence-corrected chi connectivity index (χ1v) is 10.3. The zero-order chi connectivity index (χ0) is 17.7. The first-order valence-electron chi connectivity index (χ1n) is 7.62. The molecule has 2 saturated heterocycles. The number of fused-ring (bicyclic) bond motifs is 1. The first-order chi connectivity index (χ1) is 11.1. The van der Waals surface area contributed by atoms with Crippen molar-refractivity contribution in [2.45, 2.75) is 32.1 Å². The average molecular weight is 370 g/mol. The molecule has 24 heavy (non-hydrogen) atoms. The standard InChI is InChI=1S/C16H19FN2O3S2/c1-16(2,3)14(20)18-15-19(11-7-5-4-6-10(11)17)12-8-24(21,22)9-13(12)23-15/h4-7,12-13H,8-9H2,1-3H3/t12-,13+/m0/s1. The number of amides is 1. The number of aliphatic imine (C=N–C) groups is 1. The summed E-state index contributed by atoms with van der Waals surface area (Å²) in [7, 11) is -3.16. The van der Waals surface area contributed by atoms with Gasteiger partial charge >= 0.3 is 0 Å². The van der Waals surface area contributed by atoms with E-state index in [4.69, 9.17) is 0 Å². The minimum absolute atomic E-state index is 0.0238. The Bertz CT molecular complexity index is 815. The summed E-state index contributed by atoms with van der Waals surface area (Å²) in [5.41, 5.74) is -0.395. The molecule has 0 bridgehead atoms. The maximum atomic E-state index is 14.3. The number of benzene rings is 1. The van der Waals surface area contributed by atoms with Gasteiger partial charge in [0.25, 0.3) is 5.91 Å². The van der Waals surface area contributed by atoms with Crippen molar-refractivity contribution in [3.8, 4) is 0 Å². The van der Waals surface area contributed by atoms with Crippen LogP contribution in [0.15, 0.2) is 29.3 Å². The predicted octanol–water partition coefficient (Wildman–Crippen LogP) is 2.47. The Labute approximate surface area is 145 Å². The molecule has 0 saturated carbocycles. The van der Waals surface area contributed by atoms with Crippen LogP contribution in [0.4, 0.5) is 10.1 Å². The van der Waals surface area contributed by atoms with Crippen molar-refractivity contribution in [2.75, 3.05) is 16.4 Å². The highest BCUT2D eigenvalue weighted by Crippen LogP contribution is 2.41. The highest BCUT2D eigenvalue weighted by atomic mass is 32.2. The van der Waals surface area contributed by atoms with E-state index < -0.39 is 27.1 Å². The molecular formula is C16H19FN2O3S2. The Morgan fingerprint density at radius 1 is 1.29 bits per heavy atom. The number of sulfone groups is 1. The molecule has 2 fully saturated rings. The number of carbonyl (C=O) groups is 1. The average Bonchev–Trinajstić information content (AvgIpc) is 2.90. The number of anilines is 1. The molecule has 2 atom stereocenters. The third-order valence-corrected chi connectivity index (χ3v) is 7.23. The summed E-state index contributed by atoms with van der Waals surface area (Å²) >= 11 is 1.25. The zero-order valence-electron chi connectivity index (χ0n) is 13.7.